The standard InChI is InChI=1S/C11H6ClIN2OS/c1-15-6-14-9-3-2-8(12)7(4-5-17-13)10(9)11(15)16/h2-3,6H,1H3. The van der Waals surface area contributed by atoms with Gasteiger partial charge in [-0.1, -0.05) is 17.5 Å². The Balaban J connectivity index is 2.93. The second-order valence-electron chi connectivity index (χ2n) is 3.28. The molecular formula is C11H6ClIN2OS. The molecule has 1 aromatic carbocycles. The van der Waals surface area contributed by atoms with E-state index >= 15 is 0 Å². The van der Waals surface area contributed by atoms with Crippen LogP contribution in [0, 0.1) is 11.2 Å². The number of fused-ring (bicyclic) bond motifs is 1. The fourth-order valence-corrected chi connectivity index (χ4v) is 2.14. The Kier molecular flexibility index (Phi) is 3.97. The van der Waals surface area contributed by atoms with Crippen molar-refractivity contribution in [2.45, 2.75) is 0 Å². The van der Waals surface area contributed by atoms with Gasteiger partial charge in [0.1, 0.15) is 0 Å². The van der Waals surface area contributed by atoms with Crippen LogP contribution in [0.1, 0.15) is 5.56 Å². The van der Waals surface area contributed by atoms with Gasteiger partial charge in [0.05, 0.1) is 27.8 Å². The molecule has 0 fully saturated rings. The van der Waals surface area contributed by atoms with Crippen molar-refractivity contribution in [2.24, 2.45) is 7.05 Å². The fraction of sp³-hybridized carbons (Fsp3) is 0.0909. The summed E-state index contributed by atoms with van der Waals surface area (Å²) in [5.41, 5.74) is 1.02. The lowest BCUT2D eigenvalue weighted by atomic mass is 10.1. The van der Waals surface area contributed by atoms with Crippen LogP contribution in [0.15, 0.2) is 23.3 Å². The Labute approximate surface area is 119 Å². The van der Waals surface area contributed by atoms with Crippen LogP contribution in [0.4, 0.5) is 0 Å². The topological polar surface area (TPSA) is 34.9 Å². The molecule has 0 N–H and O–H groups in total. The summed E-state index contributed by atoms with van der Waals surface area (Å²) in [6, 6.07) is 3.43. The summed E-state index contributed by atoms with van der Waals surface area (Å²) in [6.07, 6.45) is 1.49. The molecular weight excluding hydrogens is 371 g/mol. The van der Waals surface area contributed by atoms with Gasteiger partial charge in [-0.3, -0.25) is 4.79 Å². The first-order valence-electron chi connectivity index (χ1n) is 4.57. The van der Waals surface area contributed by atoms with Gasteiger partial charge in [-0.25, -0.2) is 4.98 Å². The highest BCUT2D eigenvalue weighted by molar-refractivity contribution is 14.2. The highest BCUT2D eigenvalue weighted by atomic mass is 127. The number of aryl methyl sites for hydroxylation is 1. The highest BCUT2D eigenvalue weighted by Gasteiger charge is 2.09. The van der Waals surface area contributed by atoms with Gasteiger partial charge in [0.25, 0.3) is 5.56 Å². The SMILES string of the molecule is Cn1cnc2ccc(Cl)c(C#CSI)c2c1=O. The van der Waals surface area contributed by atoms with Crippen molar-refractivity contribution in [1.82, 2.24) is 9.55 Å². The Morgan fingerprint density at radius 3 is 3.00 bits per heavy atom. The molecule has 3 nitrogen and oxygen atoms in total. The number of halogens is 2. The first-order chi connectivity index (χ1) is 8.15. The van der Waals surface area contributed by atoms with Crippen LogP contribution in [0.3, 0.4) is 0 Å². The van der Waals surface area contributed by atoms with Crippen LogP contribution in [-0.2, 0) is 7.05 Å². The van der Waals surface area contributed by atoms with Crippen molar-refractivity contribution in [3.8, 4) is 11.2 Å². The Morgan fingerprint density at radius 1 is 1.53 bits per heavy atom. The molecule has 0 radical (unpaired) electrons. The summed E-state index contributed by atoms with van der Waals surface area (Å²) in [7, 11) is 3.00. The lowest BCUT2D eigenvalue weighted by Gasteiger charge is -2.03. The summed E-state index contributed by atoms with van der Waals surface area (Å²) in [5.74, 6) is 2.89. The van der Waals surface area contributed by atoms with E-state index in [0.717, 1.165) is 0 Å². The average molecular weight is 377 g/mol. The molecule has 0 atom stereocenters. The number of hydrogen-bond donors (Lipinski definition) is 0. The predicted octanol–water partition coefficient (Wildman–Crippen LogP) is 2.98. The molecule has 0 amide bonds. The van der Waals surface area contributed by atoms with E-state index in [-0.39, 0.29) is 5.56 Å². The number of hydrogen-bond acceptors (Lipinski definition) is 3. The van der Waals surface area contributed by atoms with Gasteiger partial charge in [-0.15, -0.1) is 0 Å². The van der Waals surface area contributed by atoms with E-state index in [9.17, 15) is 4.79 Å². The average Bonchev–Trinajstić information content (AvgIpc) is 2.33. The van der Waals surface area contributed by atoms with Crippen molar-refractivity contribution in [1.29, 1.82) is 0 Å². The maximum absolute atomic E-state index is 12.1. The molecule has 0 aliphatic carbocycles. The number of nitrogens with zero attached hydrogens (tertiary/aromatic N) is 2. The van der Waals surface area contributed by atoms with Crippen molar-refractivity contribution < 1.29 is 0 Å². The van der Waals surface area contributed by atoms with Crippen molar-refractivity contribution in [2.75, 3.05) is 0 Å². The molecule has 0 saturated carbocycles. The summed E-state index contributed by atoms with van der Waals surface area (Å²) in [4.78, 5) is 16.2. The Bertz CT molecular complexity index is 697. The molecule has 0 unspecified atom stereocenters. The minimum atomic E-state index is -0.139. The third kappa shape index (κ3) is 2.44. The second-order valence-corrected chi connectivity index (χ2v) is 5.37. The third-order valence-electron chi connectivity index (χ3n) is 2.25. The van der Waals surface area contributed by atoms with Crippen LogP contribution >= 0.6 is 41.7 Å². The third-order valence-corrected chi connectivity index (χ3v) is 3.41. The second kappa shape index (κ2) is 5.29. The lowest BCUT2D eigenvalue weighted by molar-refractivity contribution is 0.842. The maximum atomic E-state index is 12.1. The Morgan fingerprint density at radius 2 is 2.29 bits per heavy atom. The number of benzene rings is 1. The summed E-state index contributed by atoms with van der Waals surface area (Å²) >= 11 is 8.14. The zero-order valence-corrected chi connectivity index (χ0v) is 12.4. The molecule has 0 aliphatic heterocycles. The lowest BCUT2D eigenvalue weighted by Crippen LogP contribution is -2.18. The molecule has 0 spiro atoms. The fourth-order valence-electron chi connectivity index (χ4n) is 1.46. The zero-order valence-electron chi connectivity index (χ0n) is 8.70. The predicted molar refractivity (Wildman–Crippen MR) is 80.5 cm³/mol. The molecule has 6 heteroatoms. The monoisotopic (exact) mass is 376 g/mol. The van der Waals surface area contributed by atoms with Crippen molar-refractivity contribution >= 4 is 52.6 Å². The minimum Gasteiger partial charge on any atom is -0.302 e. The molecule has 1 heterocycles. The molecule has 1 aromatic heterocycles. The maximum Gasteiger partial charge on any atom is 0.262 e. The number of aromatic nitrogens is 2. The molecule has 0 bridgehead atoms. The van der Waals surface area contributed by atoms with Gasteiger partial charge in [0.2, 0.25) is 0 Å². The first kappa shape index (κ1) is 12.7. The van der Waals surface area contributed by atoms with E-state index in [2.05, 4.69) is 37.4 Å². The van der Waals surface area contributed by atoms with Gasteiger partial charge in [-0.2, -0.15) is 0 Å². The smallest absolute Gasteiger partial charge is 0.262 e. The van der Waals surface area contributed by atoms with Crippen LogP contribution in [-0.4, -0.2) is 9.55 Å². The number of rotatable bonds is 0. The van der Waals surface area contributed by atoms with E-state index in [4.69, 9.17) is 11.6 Å². The van der Waals surface area contributed by atoms with Crippen LogP contribution < -0.4 is 5.56 Å². The molecule has 0 aliphatic rings. The normalized spacial score (nSPS) is 10.1. The van der Waals surface area contributed by atoms with E-state index in [0.29, 0.717) is 21.5 Å². The molecule has 2 aromatic rings. The largest absolute Gasteiger partial charge is 0.302 e. The van der Waals surface area contributed by atoms with Crippen LogP contribution in [0.5, 0.6) is 0 Å². The van der Waals surface area contributed by atoms with Crippen molar-refractivity contribution in [3.05, 3.63) is 39.4 Å². The summed E-state index contributed by atoms with van der Waals surface area (Å²) in [5, 5.41) is 3.78. The summed E-state index contributed by atoms with van der Waals surface area (Å²) < 4.78 is 1.42. The van der Waals surface area contributed by atoms with Crippen molar-refractivity contribution in [3.63, 3.8) is 0 Å². The highest BCUT2D eigenvalue weighted by Crippen LogP contribution is 2.22. The van der Waals surface area contributed by atoms with E-state index in [1.165, 1.54) is 19.8 Å². The van der Waals surface area contributed by atoms with Crippen LogP contribution in [0.2, 0.25) is 5.02 Å². The first-order valence-corrected chi connectivity index (χ1v) is 8.31. The van der Waals surface area contributed by atoms with Crippen LogP contribution in [0.25, 0.3) is 10.9 Å². The van der Waals surface area contributed by atoms with Gasteiger partial charge in [0.15, 0.2) is 0 Å². The minimum absolute atomic E-state index is 0.139. The van der Waals surface area contributed by atoms with E-state index < -0.39 is 0 Å². The molecule has 0 saturated heterocycles. The van der Waals surface area contributed by atoms with E-state index in [1.54, 1.807) is 19.2 Å². The molecule has 17 heavy (non-hydrogen) atoms. The van der Waals surface area contributed by atoms with Gasteiger partial charge >= 0.3 is 0 Å². The van der Waals surface area contributed by atoms with Gasteiger partial charge < -0.3 is 4.57 Å². The summed E-state index contributed by atoms with van der Waals surface area (Å²) in [6.45, 7) is 0. The molecule has 86 valence electrons. The quantitative estimate of drug-likeness (QED) is 0.524. The van der Waals surface area contributed by atoms with E-state index in [1.807, 2.05) is 0 Å². The van der Waals surface area contributed by atoms with Gasteiger partial charge in [-0.05, 0) is 26.3 Å². The Hall–Kier alpha value is -0.710. The zero-order chi connectivity index (χ0) is 12.4. The molecule has 2 rings (SSSR count). The van der Waals surface area contributed by atoms with Gasteiger partial charge in [0, 0.05) is 28.3 Å².